The van der Waals surface area contributed by atoms with E-state index in [1.165, 1.54) is 17.0 Å². The van der Waals surface area contributed by atoms with Crippen molar-refractivity contribution in [3.63, 3.8) is 0 Å². The number of phenolic OH excluding ortho intramolecular Hbond substituents is 1. The second-order valence-electron chi connectivity index (χ2n) is 6.33. The highest BCUT2D eigenvalue weighted by Gasteiger charge is 2.36. The van der Waals surface area contributed by atoms with E-state index in [9.17, 15) is 23.1 Å². The Morgan fingerprint density at radius 1 is 1.24 bits per heavy atom. The summed E-state index contributed by atoms with van der Waals surface area (Å²) in [6, 6.07) is 5.58. The second kappa shape index (κ2) is 7.83. The number of sulfone groups is 1. The molecule has 1 aromatic rings. The number of anilines is 1. The Balaban J connectivity index is 2.13. The maximum atomic E-state index is 12.6. The molecule has 0 saturated carbocycles. The molecule has 1 saturated heterocycles. The number of hydrogen-bond donors (Lipinski definition) is 2. The predicted octanol–water partition coefficient (Wildman–Crippen LogP) is -0.0920. The van der Waals surface area contributed by atoms with Gasteiger partial charge in [-0.1, -0.05) is 12.1 Å². The highest BCUT2D eigenvalue weighted by atomic mass is 32.2. The van der Waals surface area contributed by atoms with E-state index in [-0.39, 0.29) is 29.5 Å². The first-order chi connectivity index (χ1) is 11.7. The lowest BCUT2D eigenvalue weighted by atomic mass is 10.2. The van der Waals surface area contributed by atoms with E-state index >= 15 is 0 Å². The van der Waals surface area contributed by atoms with Crippen molar-refractivity contribution < 1.29 is 23.1 Å². The van der Waals surface area contributed by atoms with E-state index in [1.807, 2.05) is 19.0 Å². The van der Waals surface area contributed by atoms with Crippen LogP contribution in [0.5, 0.6) is 5.75 Å². The lowest BCUT2D eigenvalue weighted by molar-refractivity contribution is -0.144. The molecule has 0 bridgehead atoms. The van der Waals surface area contributed by atoms with Crippen molar-refractivity contribution in [1.82, 2.24) is 9.80 Å². The van der Waals surface area contributed by atoms with Crippen molar-refractivity contribution in [2.24, 2.45) is 0 Å². The average molecular weight is 369 g/mol. The lowest BCUT2D eigenvalue weighted by Crippen LogP contribution is -2.48. The lowest BCUT2D eigenvalue weighted by Gasteiger charge is -2.28. The maximum absolute atomic E-state index is 12.6. The molecule has 1 aromatic carbocycles. The highest BCUT2D eigenvalue weighted by Crippen LogP contribution is 2.22. The van der Waals surface area contributed by atoms with E-state index in [0.717, 1.165) is 0 Å². The molecule has 1 unspecified atom stereocenters. The van der Waals surface area contributed by atoms with Gasteiger partial charge in [-0.15, -0.1) is 0 Å². The molecule has 1 atom stereocenters. The number of carbonyl (C=O) groups is 2. The Kier molecular flexibility index (Phi) is 6.02. The molecule has 0 aromatic heterocycles. The van der Waals surface area contributed by atoms with E-state index in [4.69, 9.17) is 0 Å². The second-order valence-corrected chi connectivity index (χ2v) is 8.56. The van der Waals surface area contributed by atoms with E-state index in [0.29, 0.717) is 13.0 Å². The third-order valence-corrected chi connectivity index (χ3v) is 5.79. The molecule has 138 valence electrons. The van der Waals surface area contributed by atoms with Gasteiger partial charge in [0.2, 0.25) is 0 Å². The minimum absolute atomic E-state index is 0.0184. The van der Waals surface area contributed by atoms with Crippen LogP contribution in [0.3, 0.4) is 0 Å². The van der Waals surface area contributed by atoms with Crippen LogP contribution < -0.4 is 5.32 Å². The molecule has 2 N–H and O–H groups in total. The Bertz CT molecular complexity index is 748. The molecule has 8 nitrogen and oxygen atoms in total. The summed E-state index contributed by atoms with van der Waals surface area (Å²) in [6.45, 7) is 0.756. The molecule has 1 heterocycles. The summed E-state index contributed by atoms with van der Waals surface area (Å²) in [7, 11) is 0.476. The van der Waals surface area contributed by atoms with Crippen LogP contribution in [0.2, 0.25) is 0 Å². The number of benzene rings is 1. The number of nitrogens with one attached hydrogen (secondary N) is 1. The van der Waals surface area contributed by atoms with Crippen LogP contribution in [0.4, 0.5) is 5.69 Å². The Labute approximate surface area is 147 Å². The zero-order chi connectivity index (χ0) is 18.6. The molecule has 9 heteroatoms. The van der Waals surface area contributed by atoms with E-state index < -0.39 is 27.7 Å². The van der Waals surface area contributed by atoms with Crippen molar-refractivity contribution in [2.75, 3.05) is 44.0 Å². The van der Waals surface area contributed by atoms with Gasteiger partial charge in [0.1, 0.15) is 5.75 Å². The average Bonchev–Trinajstić information content (AvgIpc) is 2.89. The fourth-order valence-electron chi connectivity index (χ4n) is 2.66. The first kappa shape index (κ1) is 19.2. The highest BCUT2D eigenvalue weighted by molar-refractivity contribution is 7.91. The molecule has 2 amide bonds. The van der Waals surface area contributed by atoms with E-state index in [2.05, 4.69) is 5.32 Å². The summed E-state index contributed by atoms with van der Waals surface area (Å²) in [6.07, 6.45) is 0.325. The van der Waals surface area contributed by atoms with Crippen LogP contribution in [0.1, 0.15) is 6.42 Å². The molecule has 25 heavy (non-hydrogen) atoms. The predicted molar refractivity (Wildman–Crippen MR) is 94.1 cm³/mol. The van der Waals surface area contributed by atoms with Crippen LogP contribution in [0.25, 0.3) is 0 Å². The number of carbonyl (C=O) groups excluding carboxylic acids is 2. The third kappa shape index (κ3) is 5.17. The van der Waals surface area contributed by atoms with Crippen LogP contribution in [-0.4, -0.2) is 79.9 Å². The zero-order valence-corrected chi connectivity index (χ0v) is 15.1. The summed E-state index contributed by atoms with van der Waals surface area (Å²) >= 11 is 0. The van der Waals surface area contributed by atoms with Gasteiger partial charge in [0, 0.05) is 19.1 Å². The van der Waals surface area contributed by atoms with Gasteiger partial charge in [0.25, 0.3) is 0 Å². The topological polar surface area (TPSA) is 107 Å². The monoisotopic (exact) mass is 369 g/mol. The number of para-hydroxylation sites is 2. The smallest absolute Gasteiger partial charge is 0.314 e. The summed E-state index contributed by atoms with van der Waals surface area (Å²) in [5, 5.41) is 12.1. The van der Waals surface area contributed by atoms with Gasteiger partial charge in [-0.3, -0.25) is 9.59 Å². The van der Waals surface area contributed by atoms with Gasteiger partial charge in [0.05, 0.1) is 17.2 Å². The largest absolute Gasteiger partial charge is 0.506 e. The Morgan fingerprint density at radius 3 is 2.48 bits per heavy atom. The number of phenols is 1. The number of aromatic hydroxyl groups is 1. The summed E-state index contributed by atoms with van der Waals surface area (Å²) in [4.78, 5) is 28.1. The van der Waals surface area contributed by atoms with Gasteiger partial charge in [-0.25, -0.2) is 8.42 Å². The maximum Gasteiger partial charge on any atom is 0.314 e. The van der Waals surface area contributed by atoms with Crippen LogP contribution in [0.15, 0.2) is 24.3 Å². The minimum atomic E-state index is -3.18. The molecule has 0 spiro atoms. The normalized spacial score (nSPS) is 18.9. The quantitative estimate of drug-likeness (QED) is 0.555. The minimum Gasteiger partial charge on any atom is -0.506 e. The molecule has 1 aliphatic heterocycles. The molecule has 1 aliphatic rings. The zero-order valence-electron chi connectivity index (χ0n) is 14.3. The standard InChI is InChI=1S/C16H23N3O5S/c1-18(2)8-9-19(12-7-10-25(23,24)11-12)16(22)15(21)17-13-5-3-4-6-14(13)20/h3-6,12,20H,7-11H2,1-2H3,(H,17,21). The van der Waals surface area contributed by atoms with Crippen LogP contribution >= 0.6 is 0 Å². The van der Waals surface area contributed by atoms with Crippen LogP contribution in [0, 0.1) is 0 Å². The Hall–Kier alpha value is -2.13. The summed E-state index contributed by atoms with van der Waals surface area (Å²) in [5.74, 6) is -1.95. The molecular formula is C16H23N3O5S. The number of nitrogens with zero attached hydrogens (tertiary/aromatic N) is 2. The van der Waals surface area contributed by atoms with Crippen molar-refractivity contribution in [3.8, 4) is 5.75 Å². The first-order valence-corrected chi connectivity index (χ1v) is 9.77. The summed E-state index contributed by atoms with van der Waals surface area (Å²) in [5.41, 5.74) is 0.132. The van der Waals surface area contributed by atoms with Crippen molar-refractivity contribution >= 4 is 27.3 Å². The molecule has 0 radical (unpaired) electrons. The number of amides is 2. The third-order valence-electron chi connectivity index (χ3n) is 4.04. The molecule has 0 aliphatic carbocycles. The molecule has 1 fully saturated rings. The number of hydrogen-bond acceptors (Lipinski definition) is 6. The number of rotatable bonds is 5. The van der Waals surface area contributed by atoms with E-state index in [1.54, 1.807) is 12.1 Å². The van der Waals surface area contributed by atoms with Gasteiger partial charge in [-0.05, 0) is 32.6 Å². The van der Waals surface area contributed by atoms with Crippen molar-refractivity contribution in [2.45, 2.75) is 12.5 Å². The van der Waals surface area contributed by atoms with Gasteiger partial charge >= 0.3 is 11.8 Å². The van der Waals surface area contributed by atoms with Gasteiger partial charge < -0.3 is 20.2 Å². The van der Waals surface area contributed by atoms with Crippen LogP contribution in [-0.2, 0) is 19.4 Å². The van der Waals surface area contributed by atoms with Gasteiger partial charge in [-0.2, -0.15) is 0 Å². The van der Waals surface area contributed by atoms with Crippen molar-refractivity contribution in [1.29, 1.82) is 0 Å². The van der Waals surface area contributed by atoms with Crippen molar-refractivity contribution in [3.05, 3.63) is 24.3 Å². The molecule has 2 rings (SSSR count). The SMILES string of the molecule is CN(C)CCN(C(=O)C(=O)Nc1ccccc1O)C1CCS(=O)(=O)C1. The molecular weight excluding hydrogens is 346 g/mol. The Morgan fingerprint density at radius 2 is 1.92 bits per heavy atom. The fraction of sp³-hybridized carbons (Fsp3) is 0.500. The fourth-order valence-corrected chi connectivity index (χ4v) is 4.40. The van der Waals surface area contributed by atoms with Gasteiger partial charge in [0.15, 0.2) is 9.84 Å². The number of likely N-dealkylation sites (N-methyl/N-ethyl adjacent to an activating group) is 1. The first-order valence-electron chi connectivity index (χ1n) is 7.95. The summed E-state index contributed by atoms with van der Waals surface area (Å²) < 4.78 is 23.5.